The Balaban J connectivity index is 1.47. The Bertz CT molecular complexity index is 1280. The highest BCUT2D eigenvalue weighted by atomic mass is 16.5. The maximum Gasteiger partial charge on any atom is 0.271 e. The van der Waals surface area contributed by atoms with E-state index in [0.29, 0.717) is 48.2 Å². The van der Waals surface area contributed by atoms with Crippen molar-refractivity contribution in [2.45, 2.75) is 64.1 Å². The molecule has 5 rings (SSSR count). The Morgan fingerprint density at radius 2 is 1.97 bits per heavy atom. The zero-order valence-electron chi connectivity index (χ0n) is 21.5. The molecule has 1 fully saturated rings. The van der Waals surface area contributed by atoms with Gasteiger partial charge in [-0.05, 0) is 43.7 Å². The normalized spacial score (nSPS) is 24.0. The first-order valence-electron chi connectivity index (χ1n) is 12.8. The van der Waals surface area contributed by atoms with E-state index in [1.165, 1.54) is 6.42 Å². The van der Waals surface area contributed by atoms with Crippen LogP contribution in [0.1, 0.15) is 55.6 Å². The molecular weight excluding hydrogens is 458 g/mol. The van der Waals surface area contributed by atoms with Crippen LogP contribution in [-0.4, -0.2) is 53.6 Å². The fourth-order valence-electron chi connectivity index (χ4n) is 5.77. The van der Waals surface area contributed by atoms with Crippen LogP contribution in [0.5, 0.6) is 11.5 Å². The van der Waals surface area contributed by atoms with E-state index in [1.54, 1.807) is 31.4 Å². The number of nitrogens with one attached hydrogen (secondary N) is 1. The predicted molar refractivity (Wildman–Crippen MR) is 136 cm³/mol. The molecule has 3 heterocycles. The minimum Gasteiger partial charge on any atom is -0.497 e. The Labute approximate surface area is 211 Å². The minimum atomic E-state index is -1.05. The predicted octanol–water partition coefficient (Wildman–Crippen LogP) is 4.40. The number of nitrogens with zero attached hydrogens (tertiary/aromatic N) is 2. The molecule has 0 radical (unpaired) electrons. The van der Waals surface area contributed by atoms with Gasteiger partial charge >= 0.3 is 0 Å². The lowest BCUT2D eigenvalue weighted by Gasteiger charge is -2.45. The molecule has 2 aliphatic rings. The van der Waals surface area contributed by atoms with Crippen LogP contribution in [0.2, 0.25) is 0 Å². The number of hydrogen-bond acceptors (Lipinski definition) is 5. The Morgan fingerprint density at radius 1 is 1.17 bits per heavy atom. The van der Waals surface area contributed by atoms with E-state index in [9.17, 15) is 9.59 Å². The first kappa shape index (κ1) is 24.3. The average Bonchev–Trinajstić information content (AvgIpc) is 3.47. The summed E-state index contributed by atoms with van der Waals surface area (Å²) < 4.78 is 18.4. The van der Waals surface area contributed by atoms with Gasteiger partial charge in [0.2, 0.25) is 5.91 Å². The van der Waals surface area contributed by atoms with Crippen LogP contribution >= 0.6 is 0 Å². The van der Waals surface area contributed by atoms with Crippen LogP contribution in [0.15, 0.2) is 41.0 Å². The fourth-order valence-corrected chi connectivity index (χ4v) is 5.77. The van der Waals surface area contributed by atoms with Gasteiger partial charge < -0.3 is 28.7 Å². The van der Waals surface area contributed by atoms with Gasteiger partial charge in [0.05, 0.1) is 32.5 Å². The van der Waals surface area contributed by atoms with Crippen LogP contribution in [-0.2, 0) is 17.8 Å². The molecule has 1 aliphatic carbocycles. The standard InChI is InChI=1S/C28H35N3O5/c1-18-7-5-6-8-21(18)29-27(33)28(2)17-30-22-12-14-36-25(22)16-23(30)26(32)31(28)13-11-19-9-10-20(34-3)15-24(19)35-4/h9-10,12,14-16,18,21H,5-8,11,13,17H2,1-4H3,(H,29,33). The van der Waals surface area contributed by atoms with Crippen LogP contribution in [0, 0.1) is 5.92 Å². The molecule has 0 spiro atoms. The van der Waals surface area contributed by atoms with Crippen LogP contribution in [0.3, 0.4) is 0 Å². The van der Waals surface area contributed by atoms with Crippen molar-refractivity contribution >= 4 is 22.9 Å². The molecule has 8 nitrogen and oxygen atoms in total. The second kappa shape index (κ2) is 9.56. The zero-order chi connectivity index (χ0) is 25.4. The van der Waals surface area contributed by atoms with E-state index in [1.807, 2.05) is 35.8 Å². The van der Waals surface area contributed by atoms with E-state index in [4.69, 9.17) is 13.9 Å². The molecule has 3 aromatic rings. The summed E-state index contributed by atoms with van der Waals surface area (Å²) in [7, 11) is 3.23. The second-order valence-corrected chi connectivity index (χ2v) is 10.3. The van der Waals surface area contributed by atoms with Gasteiger partial charge in [0, 0.05) is 30.8 Å². The number of carbonyl (C=O) groups is 2. The highest BCUT2D eigenvalue weighted by Gasteiger charge is 2.48. The lowest BCUT2D eigenvalue weighted by molar-refractivity contribution is -0.134. The van der Waals surface area contributed by atoms with Crippen molar-refractivity contribution in [3.63, 3.8) is 0 Å². The van der Waals surface area contributed by atoms with E-state index in [0.717, 1.165) is 30.3 Å². The highest BCUT2D eigenvalue weighted by molar-refractivity contribution is 6.03. The Kier molecular flexibility index (Phi) is 6.45. The quantitative estimate of drug-likeness (QED) is 0.527. The number of fused-ring (bicyclic) bond motifs is 3. The summed E-state index contributed by atoms with van der Waals surface area (Å²) in [5.74, 6) is 1.55. The molecule has 1 aliphatic heterocycles. The van der Waals surface area contributed by atoms with Gasteiger partial charge in [0.15, 0.2) is 5.58 Å². The van der Waals surface area contributed by atoms with E-state index < -0.39 is 5.54 Å². The van der Waals surface area contributed by atoms with E-state index in [-0.39, 0.29) is 17.9 Å². The summed E-state index contributed by atoms with van der Waals surface area (Å²) in [4.78, 5) is 29.5. The SMILES string of the molecule is COc1ccc(CCN2C(=O)c3cc4occc4n3CC2(C)C(=O)NC2CCCCC2C)c(OC)c1. The van der Waals surface area contributed by atoms with Gasteiger partial charge in [-0.15, -0.1) is 0 Å². The van der Waals surface area contributed by atoms with Gasteiger partial charge in [-0.1, -0.05) is 25.8 Å². The van der Waals surface area contributed by atoms with Crippen molar-refractivity contribution in [3.05, 3.63) is 47.9 Å². The summed E-state index contributed by atoms with van der Waals surface area (Å²) in [6.45, 7) is 4.82. The topological polar surface area (TPSA) is 85.9 Å². The number of furan rings is 1. The monoisotopic (exact) mass is 493 g/mol. The largest absolute Gasteiger partial charge is 0.497 e. The van der Waals surface area contributed by atoms with Gasteiger partial charge in [0.1, 0.15) is 22.7 Å². The first-order chi connectivity index (χ1) is 17.4. The molecule has 2 amide bonds. The molecule has 192 valence electrons. The maximum absolute atomic E-state index is 13.9. The van der Waals surface area contributed by atoms with Gasteiger partial charge in [0.25, 0.3) is 5.91 Å². The Morgan fingerprint density at radius 3 is 2.72 bits per heavy atom. The number of methoxy groups -OCH3 is 2. The van der Waals surface area contributed by atoms with E-state index in [2.05, 4.69) is 12.2 Å². The lowest BCUT2D eigenvalue weighted by atomic mass is 9.85. The summed E-state index contributed by atoms with van der Waals surface area (Å²) in [6, 6.07) is 9.42. The summed E-state index contributed by atoms with van der Waals surface area (Å²) in [6.07, 6.45) is 6.55. The molecular formula is C28H35N3O5. The fraction of sp³-hybridized carbons (Fsp3) is 0.500. The van der Waals surface area contributed by atoms with Crippen molar-refractivity contribution < 1.29 is 23.5 Å². The molecule has 36 heavy (non-hydrogen) atoms. The van der Waals surface area contributed by atoms with Crippen molar-refractivity contribution in [2.75, 3.05) is 20.8 Å². The van der Waals surface area contributed by atoms with Crippen LogP contribution in [0.4, 0.5) is 0 Å². The molecule has 1 saturated carbocycles. The van der Waals surface area contributed by atoms with Crippen molar-refractivity contribution in [1.29, 1.82) is 0 Å². The molecule has 0 bridgehead atoms. The molecule has 2 aromatic heterocycles. The lowest BCUT2D eigenvalue weighted by Crippen LogP contribution is -2.65. The summed E-state index contributed by atoms with van der Waals surface area (Å²) in [5.41, 5.74) is 1.93. The van der Waals surface area contributed by atoms with Gasteiger partial charge in [-0.25, -0.2) is 0 Å². The number of amides is 2. The van der Waals surface area contributed by atoms with Crippen molar-refractivity contribution in [2.24, 2.45) is 5.92 Å². The number of hydrogen-bond donors (Lipinski definition) is 1. The molecule has 1 N–H and O–H groups in total. The van der Waals surface area contributed by atoms with Crippen molar-refractivity contribution in [3.8, 4) is 11.5 Å². The molecule has 1 aromatic carbocycles. The second-order valence-electron chi connectivity index (χ2n) is 10.3. The summed E-state index contributed by atoms with van der Waals surface area (Å²) >= 11 is 0. The number of aromatic nitrogens is 1. The van der Waals surface area contributed by atoms with Crippen LogP contribution < -0.4 is 14.8 Å². The zero-order valence-corrected chi connectivity index (χ0v) is 21.5. The number of ether oxygens (including phenoxy) is 2. The third-order valence-corrected chi connectivity index (χ3v) is 8.06. The number of rotatable bonds is 7. The maximum atomic E-state index is 13.9. The van der Waals surface area contributed by atoms with Crippen molar-refractivity contribution in [1.82, 2.24) is 14.8 Å². The van der Waals surface area contributed by atoms with Gasteiger partial charge in [-0.2, -0.15) is 0 Å². The third-order valence-electron chi connectivity index (χ3n) is 8.06. The number of carbonyl (C=O) groups excluding carboxylic acids is 2. The number of benzene rings is 1. The highest BCUT2D eigenvalue weighted by Crippen LogP contribution is 2.34. The van der Waals surface area contributed by atoms with E-state index >= 15 is 0 Å². The molecule has 0 saturated heterocycles. The molecule has 8 heteroatoms. The van der Waals surface area contributed by atoms with Gasteiger partial charge in [-0.3, -0.25) is 9.59 Å². The molecule has 3 atom stereocenters. The third kappa shape index (κ3) is 4.12. The summed E-state index contributed by atoms with van der Waals surface area (Å²) in [5, 5.41) is 3.32. The molecule has 3 unspecified atom stereocenters. The first-order valence-corrected chi connectivity index (χ1v) is 12.8. The smallest absolute Gasteiger partial charge is 0.271 e. The Hall–Kier alpha value is -3.42. The average molecular weight is 494 g/mol. The van der Waals surface area contributed by atoms with Crippen LogP contribution in [0.25, 0.3) is 11.1 Å². The minimum absolute atomic E-state index is 0.104.